The van der Waals surface area contributed by atoms with Crippen molar-refractivity contribution >= 4 is 34.8 Å². The molecule has 1 amide bonds. The number of thioether (sulfide) groups is 1. The summed E-state index contributed by atoms with van der Waals surface area (Å²) in [6, 6.07) is 11.5. The molecule has 0 aliphatic rings. The second kappa shape index (κ2) is 10.1. The molecule has 0 aliphatic carbocycles. The van der Waals surface area contributed by atoms with E-state index in [2.05, 4.69) is 22.2 Å². The first-order chi connectivity index (χ1) is 13.6. The summed E-state index contributed by atoms with van der Waals surface area (Å²) in [5, 5.41) is 4.74. The number of benzene rings is 1. The lowest BCUT2D eigenvalue weighted by molar-refractivity contribution is -0.120. The van der Waals surface area contributed by atoms with Gasteiger partial charge in [0.1, 0.15) is 0 Å². The Kier molecular flexibility index (Phi) is 7.33. The third kappa shape index (κ3) is 6.00. The highest BCUT2D eigenvalue weighted by Crippen LogP contribution is 2.24. The number of carbonyl (C=O) groups excluding carboxylic acids is 2. The topological polar surface area (TPSA) is 72.0 Å². The minimum absolute atomic E-state index is 0.0780. The summed E-state index contributed by atoms with van der Waals surface area (Å²) in [5.41, 5.74) is 3.66. The molecule has 3 rings (SSSR count). The molecule has 0 fully saturated rings. The van der Waals surface area contributed by atoms with Crippen LogP contribution in [0.4, 0.5) is 0 Å². The van der Waals surface area contributed by atoms with Crippen molar-refractivity contribution in [3.05, 3.63) is 76.6 Å². The first kappa shape index (κ1) is 20.2. The van der Waals surface area contributed by atoms with Crippen molar-refractivity contribution in [3.8, 4) is 0 Å². The van der Waals surface area contributed by atoms with Gasteiger partial charge in [0.05, 0.1) is 17.9 Å². The number of amides is 1. The molecule has 2 aromatic heterocycles. The van der Waals surface area contributed by atoms with Crippen LogP contribution >= 0.6 is 23.1 Å². The van der Waals surface area contributed by atoms with Gasteiger partial charge in [0.15, 0.2) is 10.1 Å². The van der Waals surface area contributed by atoms with Crippen LogP contribution in [-0.4, -0.2) is 27.4 Å². The molecule has 2 heterocycles. The smallest absolute Gasteiger partial charge is 0.226 e. The van der Waals surface area contributed by atoms with Crippen LogP contribution in [0.25, 0.3) is 0 Å². The molecule has 0 spiro atoms. The maximum absolute atomic E-state index is 12.3. The highest BCUT2D eigenvalue weighted by Gasteiger charge is 2.11. The minimum Gasteiger partial charge on any atom is -0.352 e. The van der Waals surface area contributed by atoms with Gasteiger partial charge < -0.3 is 5.32 Å². The molecule has 0 unspecified atom stereocenters. The summed E-state index contributed by atoms with van der Waals surface area (Å²) in [6.07, 6.45) is 4.59. The third-order valence-corrected chi connectivity index (χ3v) is 6.19. The van der Waals surface area contributed by atoms with E-state index in [4.69, 9.17) is 0 Å². The van der Waals surface area contributed by atoms with Crippen molar-refractivity contribution in [1.82, 2.24) is 15.3 Å². The molecular formula is C21H21N3O2S2. The van der Waals surface area contributed by atoms with E-state index in [9.17, 15) is 9.59 Å². The number of ketones is 1. The van der Waals surface area contributed by atoms with E-state index < -0.39 is 0 Å². The molecule has 0 aliphatic heterocycles. The van der Waals surface area contributed by atoms with Crippen LogP contribution in [0.15, 0.2) is 58.5 Å². The molecule has 144 valence electrons. The van der Waals surface area contributed by atoms with Crippen molar-refractivity contribution in [2.24, 2.45) is 0 Å². The van der Waals surface area contributed by atoms with Crippen molar-refractivity contribution in [2.75, 3.05) is 5.75 Å². The van der Waals surface area contributed by atoms with Gasteiger partial charge in [-0.15, -0.1) is 11.3 Å². The Hall–Kier alpha value is -2.51. The number of carbonyl (C=O) groups is 2. The Morgan fingerprint density at radius 1 is 1.07 bits per heavy atom. The quantitative estimate of drug-likeness (QED) is 0.427. The summed E-state index contributed by atoms with van der Waals surface area (Å²) >= 11 is 2.87. The third-order valence-electron chi connectivity index (χ3n) is 4.12. The SMILES string of the molecule is CCc1ccc(C(=O)CSc2nc(CC(=O)NCc3ccncc3)cs2)cc1. The lowest BCUT2D eigenvalue weighted by Gasteiger charge is -2.03. The Balaban J connectivity index is 1.45. The van der Waals surface area contributed by atoms with Crippen LogP contribution in [0.5, 0.6) is 0 Å². The summed E-state index contributed by atoms with van der Waals surface area (Å²) in [5.74, 6) is 0.345. The van der Waals surface area contributed by atoms with Gasteiger partial charge in [-0.1, -0.05) is 43.0 Å². The molecule has 0 saturated carbocycles. The van der Waals surface area contributed by atoms with E-state index in [-0.39, 0.29) is 18.1 Å². The standard InChI is InChI=1S/C21H21N3O2S2/c1-2-15-3-5-17(6-4-15)19(25)14-28-21-24-18(13-27-21)11-20(26)23-12-16-7-9-22-10-8-16/h3-10,13H,2,11-12,14H2,1H3,(H,23,26). The van der Waals surface area contributed by atoms with Gasteiger partial charge in [0, 0.05) is 29.9 Å². The fraction of sp³-hybridized carbons (Fsp3) is 0.238. The van der Waals surface area contributed by atoms with Crippen LogP contribution in [0, 0.1) is 0 Å². The van der Waals surface area contributed by atoms with E-state index in [1.807, 2.05) is 41.8 Å². The molecule has 1 aromatic carbocycles. The van der Waals surface area contributed by atoms with Gasteiger partial charge >= 0.3 is 0 Å². The van der Waals surface area contributed by atoms with E-state index >= 15 is 0 Å². The van der Waals surface area contributed by atoms with Crippen LogP contribution < -0.4 is 5.32 Å². The Morgan fingerprint density at radius 3 is 2.54 bits per heavy atom. The molecule has 7 heteroatoms. The number of nitrogens with zero attached hydrogens (tertiary/aromatic N) is 2. The number of pyridine rings is 1. The second-order valence-corrected chi connectivity index (χ2v) is 8.26. The van der Waals surface area contributed by atoms with Crippen LogP contribution in [0.2, 0.25) is 0 Å². The maximum Gasteiger partial charge on any atom is 0.226 e. The molecular weight excluding hydrogens is 390 g/mol. The molecule has 0 bridgehead atoms. The molecule has 0 radical (unpaired) electrons. The monoisotopic (exact) mass is 411 g/mol. The second-order valence-electron chi connectivity index (χ2n) is 6.18. The minimum atomic E-state index is -0.0780. The zero-order valence-electron chi connectivity index (χ0n) is 15.6. The summed E-state index contributed by atoms with van der Waals surface area (Å²) in [7, 11) is 0. The summed E-state index contributed by atoms with van der Waals surface area (Å²) in [6.45, 7) is 2.56. The molecule has 28 heavy (non-hydrogen) atoms. The fourth-order valence-electron chi connectivity index (χ4n) is 2.50. The van der Waals surface area contributed by atoms with Gasteiger partial charge in [-0.05, 0) is 29.7 Å². The highest BCUT2D eigenvalue weighted by atomic mass is 32.2. The van der Waals surface area contributed by atoms with Crippen LogP contribution in [0.3, 0.4) is 0 Å². The normalized spacial score (nSPS) is 10.6. The van der Waals surface area contributed by atoms with Gasteiger partial charge in [-0.3, -0.25) is 14.6 Å². The van der Waals surface area contributed by atoms with Crippen molar-refractivity contribution in [1.29, 1.82) is 0 Å². The summed E-state index contributed by atoms with van der Waals surface area (Å²) in [4.78, 5) is 32.8. The first-order valence-electron chi connectivity index (χ1n) is 8.99. The first-order valence-corrected chi connectivity index (χ1v) is 10.9. The average Bonchev–Trinajstić information content (AvgIpc) is 3.18. The predicted molar refractivity (Wildman–Crippen MR) is 113 cm³/mol. The Bertz CT molecular complexity index is 924. The number of rotatable bonds is 9. The summed E-state index contributed by atoms with van der Waals surface area (Å²) < 4.78 is 0.801. The number of aromatic nitrogens is 2. The molecule has 5 nitrogen and oxygen atoms in total. The average molecular weight is 412 g/mol. The lowest BCUT2D eigenvalue weighted by atomic mass is 10.1. The number of Topliss-reactive ketones (excluding diaryl/α,β-unsaturated/α-hetero) is 1. The maximum atomic E-state index is 12.3. The zero-order valence-corrected chi connectivity index (χ0v) is 17.2. The van der Waals surface area contributed by atoms with Crippen LogP contribution in [0.1, 0.15) is 34.1 Å². The number of thiazole rings is 1. The molecule has 3 aromatic rings. The van der Waals surface area contributed by atoms with Crippen molar-refractivity contribution in [3.63, 3.8) is 0 Å². The van der Waals surface area contributed by atoms with Gasteiger partial charge in [-0.2, -0.15) is 0 Å². The lowest BCUT2D eigenvalue weighted by Crippen LogP contribution is -2.24. The van der Waals surface area contributed by atoms with Gasteiger partial charge in [0.2, 0.25) is 5.91 Å². The Labute approximate surface area is 172 Å². The number of hydrogen-bond acceptors (Lipinski definition) is 6. The zero-order chi connectivity index (χ0) is 19.8. The number of hydrogen-bond donors (Lipinski definition) is 1. The predicted octanol–water partition coefficient (Wildman–Crippen LogP) is 3.93. The van der Waals surface area contributed by atoms with E-state index in [1.165, 1.54) is 28.7 Å². The van der Waals surface area contributed by atoms with Crippen LogP contribution in [-0.2, 0) is 24.2 Å². The number of nitrogens with one attached hydrogen (secondary N) is 1. The van der Waals surface area contributed by atoms with Gasteiger partial charge in [-0.25, -0.2) is 4.98 Å². The molecule has 1 N–H and O–H groups in total. The van der Waals surface area contributed by atoms with E-state index in [0.29, 0.717) is 12.3 Å². The fourth-order valence-corrected chi connectivity index (χ4v) is 4.24. The molecule has 0 saturated heterocycles. The van der Waals surface area contributed by atoms with Crippen molar-refractivity contribution < 1.29 is 9.59 Å². The largest absolute Gasteiger partial charge is 0.352 e. The van der Waals surface area contributed by atoms with E-state index in [0.717, 1.165) is 27.6 Å². The van der Waals surface area contributed by atoms with Gasteiger partial charge in [0.25, 0.3) is 0 Å². The number of aryl methyl sites for hydroxylation is 1. The highest BCUT2D eigenvalue weighted by molar-refractivity contribution is 8.01. The molecule has 0 atom stereocenters. The van der Waals surface area contributed by atoms with E-state index in [1.54, 1.807) is 12.4 Å². The Morgan fingerprint density at radius 2 is 1.82 bits per heavy atom. The van der Waals surface area contributed by atoms with Crippen molar-refractivity contribution in [2.45, 2.75) is 30.6 Å².